The Morgan fingerprint density at radius 2 is 1.62 bits per heavy atom. The van der Waals surface area contributed by atoms with Crippen LogP contribution in [0.1, 0.15) is 22.4 Å². The molecule has 0 N–H and O–H groups in total. The topological polar surface area (TPSA) is 18.5 Å². The summed E-state index contributed by atoms with van der Waals surface area (Å²) in [5, 5.41) is 0. The molecular formula is C14H10Br4O2S. The Bertz CT molecular complexity index is 671. The van der Waals surface area contributed by atoms with Crippen molar-refractivity contribution in [2.75, 3.05) is 13.2 Å². The molecule has 0 bridgehead atoms. The van der Waals surface area contributed by atoms with E-state index in [4.69, 9.17) is 9.47 Å². The highest BCUT2D eigenvalue weighted by Gasteiger charge is 2.22. The van der Waals surface area contributed by atoms with Crippen molar-refractivity contribution in [3.8, 4) is 11.5 Å². The minimum atomic E-state index is 0.0703. The first-order valence-electron chi connectivity index (χ1n) is 6.24. The molecule has 1 aromatic heterocycles. The Kier molecular flexibility index (Phi) is 5.36. The first-order valence-corrected chi connectivity index (χ1v) is 10.3. The minimum Gasteiger partial charge on any atom is -0.490 e. The van der Waals surface area contributed by atoms with Crippen LogP contribution in [0.5, 0.6) is 11.5 Å². The summed E-state index contributed by atoms with van der Waals surface area (Å²) in [7, 11) is 0. The summed E-state index contributed by atoms with van der Waals surface area (Å²) in [5.41, 5.74) is 2.30. The maximum atomic E-state index is 5.78. The molecule has 2 aromatic rings. The number of hydrogen-bond acceptors (Lipinski definition) is 3. The molecule has 0 amide bonds. The highest BCUT2D eigenvalue weighted by molar-refractivity contribution is 9.12. The molecular weight excluding hydrogens is 552 g/mol. The van der Waals surface area contributed by atoms with Gasteiger partial charge in [0.1, 0.15) is 0 Å². The lowest BCUT2D eigenvalue weighted by Gasteiger charge is -2.15. The van der Waals surface area contributed by atoms with E-state index in [1.54, 1.807) is 11.3 Å². The molecule has 0 fully saturated rings. The predicted octanol–water partition coefficient (Wildman–Crippen LogP) is 6.68. The number of fused-ring (bicyclic) bond motifs is 1. The zero-order valence-electron chi connectivity index (χ0n) is 10.7. The quantitative estimate of drug-likeness (QED) is 0.381. The number of hydrogen-bond donors (Lipinski definition) is 0. The molecule has 1 aliphatic heterocycles. The van der Waals surface area contributed by atoms with Crippen molar-refractivity contribution in [2.24, 2.45) is 0 Å². The van der Waals surface area contributed by atoms with E-state index in [0.29, 0.717) is 13.2 Å². The van der Waals surface area contributed by atoms with Gasteiger partial charge in [0.05, 0.1) is 25.6 Å². The Morgan fingerprint density at radius 3 is 2.24 bits per heavy atom. The Hall–Kier alpha value is 0.440. The van der Waals surface area contributed by atoms with Crippen LogP contribution in [0.2, 0.25) is 0 Å². The van der Waals surface area contributed by atoms with Crippen molar-refractivity contribution in [3.63, 3.8) is 0 Å². The van der Waals surface area contributed by atoms with Gasteiger partial charge in [0.2, 0.25) is 0 Å². The monoisotopic (exact) mass is 558 g/mol. The van der Waals surface area contributed by atoms with E-state index in [9.17, 15) is 0 Å². The van der Waals surface area contributed by atoms with E-state index in [-0.39, 0.29) is 4.83 Å². The highest BCUT2D eigenvalue weighted by Crippen LogP contribution is 2.46. The summed E-state index contributed by atoms with van der Waals surface area (Å²) in [5.74, 6) is 1.61. The van der Waals surface area contributed by atoms with Gasteiger partial charge in [0.25, 0.3) is 0 Å². The van der Waals surface area contributed by atoms with Crippen molar-refractivity contribution in [3.05, 3.63) is 41.4 Å². The van der Waals surface area contributed by atoms with Gasteiger partial charge in [-0.25, -0.2) is 0 Å². The maximum absolute atomic E-state index is 5.78. The average Bonchev–Trinajstić information content (AvgIpc) is 2.64. The standard InChI is InChI=1S/C14H10Br4O2S/c15-9-6-11-10(19-2-1-3-20-11)4-7(9)13(17)8-5-12(16)21-14(8)18/h4-6,13H,1-3H2. The molecule has 0 saturated carbocycles. The lowest BCUT2D eigenvalue weighted by Crippen LogP contribution is -1.98. The largest absolute Gasteiger partial charge is 0.490 e. The van der Waals surface area contributed by atoms with Gasteiger partial charge < -0.3 is 9.47 Å². The average molecular weight is 562 g/mol. The molecule has 0 spiro atoms. The van der Waals surface area contributed by atoms with Gasteiger partial charge in [-0.2, -0.15) is 0 Å². The van der Waals surface area contributed by atoms with Crippen LogP contribution in [0.4, 0.5) is 0 Å². The molecule has 1 atom stereocenters. The second-order valence-corrected chi connectivity index (χ2v) is 10.0. The predicted molar refractivity (Wildman–Crippen MR) is 100 cm³/mol. The number of ether oxygens (including phenoxy) is 2. The van der Waals surface area contributed by atoms with Crippen LogP contribution in [-0.2, 0) is 0 Å². The second-order valence-electron chi connectivity index (χ2n) is 4.51. The van der Waals surface area contributed by atoms with Gasteiger partial charge in [-0.15, -0.1) is 11.3 Å². The first kappa shape index (κ1) is 16.3. The minimum absolute atomic E-state index is 0.0703. The van der Waals surface area contributed by atoms with Crippen LogP contribution in [0, 0.1) is 0 Å². The molecule has 1 aliphatic rings. The van der Waals surface area contributed by atoms with Crippen molar-refractivity contribution in [1.82, 2.24) is 0 Å². The number of thiophene rings is 1. The molecule has 1 aromatic carbocycles. The van der Waals surface area contributed by atoms with E-state index in [2.05, 4.69) is 69.8 Å². The van der Waals surface area contributed by atoms with Crippen LogP contribution < -0.4 is 9.47 Å². The Balaban J connectivity index is 2.02. The number of benzene rings is 1. The van der Waals surface area contributed by atoms with Gasteiger partial charge in [0, 0.05) is 10.9 Å². The third-order valence-corrected chi connectivity index (χ3v) is 7.16. The second kappa shape index (κ2) is 6.91. The first-order chi connectivity index (χ1) is 10.1. The summed E-state index contributed by atoms with van der Waals surface area (Å²) in [6.45, 7) is 1.38. The van der Waals surface area contributed by atoms with Crippen molar-refractivity contribution in [2.45, 2.75) is 11.2 Å². The molecule has 1 unspecified atom stereocenters. The van der Waals surface area contributed by atoms with Crippen LogP contribution in [0.3, 0.4) is 0 Å². The number of halogens is 4. The lowest BCUT2D eigenvalue weighted by atomic mass is 10.1. The summed E-state index contributed by atoms with van der Waals surface area (Å²) in [4.78, 5) is 0.0703. The number of alkyl halides is 1. The maximum Gasteiger partial charge on any atom is 0.162 e. The van der Waals surface area contributed by atoms with E-state index < -0.39 is 0 Å². The van der Waals surface area contributed by atoms with Crippen molar-refractivity contribution >= 4 is 75.1 Å². The fraction of sp³-hybridized carbons (Fsp3) is 0.286. The van der Waals surface area contributed by atoms with Gasteiger partial charge in [0.15, 0.2) is 11.5 Å². The lowest BCUT2D eigenvalue weighted by molar-refractivity contribution is 0.297. The van der Waals surface area contributed by atoms with Crippen LogP contribution in [-0.4, -0.2) is 13.2 Å². The third-order valence-electron chi connectivity index (χ3n) is 3.10. The molecule has 0 radical (unpaired) electrons. The van der Waals surface area contributed by atoms with Crippen LogP contribution in [0.15, 0.2) is 30.2 Å². The van der Waals surface area contributed by atoms with Gasteiger partial charge in [-0.1, -0.05) is 31.9 Å². The third kappa shape index (κ3) is 3.52. The van der Waals surface area contributed by atoms with Crippen molar-refractivity contribution in [1.29, 1.82) is 0 Å². The van der Waals surface area contributed by atoms with Gasteiger partial charge in [-0.05, 0) is 61.2 Å². The number of rotatable bonds is 2. The van der Waals surface area contributed by atoms with E-state index in [1.165, 1.54) is 5.56 Å². The molecule has 112 valence electrons. The fourth-order valence-corrected chi connectivity index (χ4v) is 7.05. The van der Waals surface area contributed by atoms with Crippen LogP contribution >= 0.6 is 75.1 Å². The summed E-state index contributed by atoms with van der Waals surface area (Å²) in [6, 6.07) is 6.14. The molecule has 0 saturated heterocycles. The summed E-state index contributed by atoms with van der Waals surface area (Å²) >= 11 is 16.2. The van der Waals surface area contributed by atoms with Crippen LogP contribution in [0.25, 0.3) is 0 Å². The molecule has 2 nitrogen and oxygen atoms in total. The summed E-state index contributed by atoms with van der Waals surface area (Å²) in [6.07, 6.45) is 0.905. The normalized spacial score (nSPS) is 15.6. The zero-order chi connectivity index (χ0) is 15.0. The summed E-state index contributed by atoms with van der Waals surface area (Å²) < 4.78 is 14.7. The molecule has 3 rings (SSSR count). The smallest absolute Gasteiger partial charge is 0.162 e. The molecule has 2 heterocycles. The van der Waals surface area contributed by atoms with Gasteiger partial charge >= 0.3 is 0 Å². The SMILES string of the molecule is Brc1cc(C(Br)c2cc3c(cc2Br)OCCCO3)c(Br)s1. The highest BCUT2D eigenvalue weighted by atomic mass is 79.9. The van der Waals surface area contributed by atoms with E-state index in [0.717, 1.165) is 35.5 Å². The molecule has 7 heteroatoms. The molecule has 0 aliphatic carbocycles. The molecule has 21 heavy (non-hydrogen) atoms. The Morgan fingerprint density at radius 1 is 0.952 bits per heavy atom. The fourth-order valence-electron chi connectivity index (χ4n) is 2.09. The van der Waals surface area contributed by atoms with E-state index >= 15 is 0 Å². The zero-order valence-corrected chi connectivity index (χ0v) is 17.8. The van der Waals surface area contributed by atoms with Gasteiger partial charge in [-0.3, -0.25) is 0 Å². The Labute approximate surface area is 160 Å². The van der Waals surface area contributed by atoms with E-state index in [1.807, 2.05) is 12.1 Å². The van der Waals surface area contributed by atoms with Crippen molar-refractivity contribution < 1.29 is 9.47 Å².